The lowest BCUT2D eigenvalue weighted by molar-refractivity contribution is -0.116. The molecule has 0 aromatic heterocycles. The molecule has 0 aliphatic heterocycles. The van der Waals surface area contributed by atoms with Gasteiger partial charge in [-0.2, -0.15) is 0 Å². The molecule has 1 N–H and O–H groups in total. The summed E-state index contributed by atoms with van der Waals surface area (Å²) in [5, 5.41) is 2.89. The number of anilines is 1. The fourth-order valence-corrected chi connectivity index (χ4v) is 2.34. The topological polar surface area (TPSA) is 47.6 Å². The number of ether oxygens (including phenoxy) is 2. The van der Waals surface area contributed by atoms with Crippen LogP contribution >= 0.6 is 0 Å². The Morgan fingerprint density at radius 1 is 0.957 bits per heavy atom. The van der Waals surface area contributed by atoms with Gasteiger partial charge < -0.3 is 14.8 Å². The highest BCUT2D eigenvalue weighted by Gasteiger charge is 2.07. The van der Waals surface area contributed by atoms with Crippen LogP contribution in [-0.4, -0.2) is 20.1 Å². The molecule has 23 heavy (non-hydrogen) atoms. The average molecular weight is 313 g/mol. The van der Waals surface area contributed by atoms with Gasteiger partial charge in [0.05, 0.1) is 14.2 Å². The van der Waals surface area contributed by atoms with Crippen LogP contribution in [0.5, 0.6) is 11.5 Å². The quantitative estimate of drug-likeness (QED) is 0.845. The highest BCUT2D eigenvalue weighted by molar-refractivity contribution is 5.91. The second-order valence-corrected chi connectivity index (χ2v) is 5.29. The Labute approximate surface area is 137 Å². The molecule has 0 saturated heterocycles. The van der Waals surface area contributed by atoms with E-state index < -0.39 is 0 Å². The Morgan fingerprint density at radius 2 is 1.61 bits per heavy atom. The number of benzene rings is 2. The standard InChI is InChI=1S/C19H23NO3/c1-4-14-5-7-15(8-6-14)9-12-19(21)20-16-10-11-17(22-2)18(13-16)23-3/h5-8,10-11,13H,4,9,12H2,1-3H3,(H,20,21). The summed E-state index contributed by atoms with van der Waals surface area (Å²) in [7, 11) is 3.16. The summed E-state index contributed by atoms with van der Waals surface area (Å²) in [5.41, 5.74) is 3.18. The summed E-state index contributed by atoms with van der Waals surface area (Å²) >= 11 is 0. The van der Waals surface area contributed by atoms with Crippen molar-refractivity contribution < 1.29 is 14.3 Å². The maximum absolute atomic E-state index is 12.1. The maximum Gasteiger partial charge on any atom is 0.224 e. The molecule has 0 aliphatic carbocycles. The van der Waals surface area contributed by atoms with Gasteiger partial charge in [0.2, 0.25) is 5.91 Å². The second-order valence-electron chi connectivity index (χ2n) is 5.29. The summed E-state index contributed by atoms with van der Waals surface area (Å²) in [6.45, 7) is 2.13. The van der Waals surface area contributed by atoms with Gasteiger partial charge in [0.25, 0.3) is 0 Å². The Morgan fingerprint density at radius 3 is 2.22 bits per heavy atom. The number of carbonyl (C=O) groups is 1. The molecule has 0 aliphatic rings. The van der Waals surface area contributed by atoms with Crippen LogP contribution in [-0.2, 0) is 17.6 Å². The van der Waals surface area contributed by atoms with E-state index in [2.05, 4.69) is 36.5 Å². The lowest BCUT2D eigenvalue weighted by atomic mass is 10.1. The zero-order chi connectivity index (χ0) is 16.7. The van der Waals surface area contributed by atoms with Gasteiger partial charge in [0, 0.05) is 18.2 Å². The van der Waals surface area contributed by atoms with Gasteiger partial charge in [-0.25, -0.2) is 0 Å². The number of aryl methyl sites for hydroxylation is 2. The van der Waals surface area contributed by atoms with Crippen molar-refractivity contribution in [2.24, 2.45) is 0 Å². The normalized spacial score (nSPS) is 10.2. The molecular formula is C19H23NO3. The molecule has 0 saturated carbocycles. The number of hydrogen-bond donors (Lipinski definition) is 1. The number of rotatable bonds is 7. The number of hydrogen-bond acceptors (Lipinski definition) is 3. The van der Waals surface area contributed by atoms with Crippen molar-refractivity contribution in [3.8, 4) is 11.5 Å². The summed E-state index contributed by atoms with van der Waals surface area (Å²) in [6.07, 6.45) is 2.20. The number of amides is 1. The zero-order valence-electron chi connectivity index (χ0n) is 13.9. The first-order valence-corrected chi connectivity index (χ1v) is 7.76. The Hall–Kier alpha value is -2.49. The van der Waals surface area contributed by atoms with Crippen molar-refractivity contribution >= 4 is 11.6 Å². The minimum atomic E-state index is -0.0169. The SMILES string of the molecule is CCc1ccc(CCC(=O)Nc2ccc(OC)c(OC)c2)cc1. The predicted molar refractivity (Wildman–Crippen MR) is 92.3 cm³/mol. The molecule has 0 bridgehead atoms. The fraction of sp³-hybridized carbons (Fsp3) is 0.316. The lowest BCUT2D eigenvalue weighted by Crippen LogP contribution is -2.12. The molecule has 2 aromatic carbocycles. The summed E-state index contributed by atoms with van der Waals surface area (Å²) in [6, 6.07) is 13.7. The van der Waals surface area contributed by atoms with Crippen molar-refractivity contribution in [3.05, 3.63) is 53.6 Å². The van der Waals surface area contributed by atoms with Gasteiger partial charge >= 0.3 is 0 Å². The van der Waals surface area contributed by atoms with Crippen LogP contribution in [0.15, 0.2) is 42.5 Å². The van der Waals surface area contributed by atoms with Crippen LogP contribution in [0.4, 0.5) is 5.69 Å². The van der Waals surface area contributed by atoms with E-state index in [9.17, 15) is 4.79 Å². The first-order valence-electron chi connectivity index (χ1n) is 7.76. The zero-order valence-corrected chi connectivity index (χ0v) is 13.9. The smallest absolute Gasteiger partial charge is 0.224 e. The van der Waals surface area contributed by atoms with E-state index in [1.165, 1.54) is 11.1 Å². The Balaban J connectivity index is 1.91. The van der Waals surface area contributed by atoms with Gasteiger partial charge in [-0.3, -0.25) is 4.79 Å². The molecule has 0 radical (unpaired) electrons. The molecule has 1 amide bonds. The van der Waals surface area contributed by atoms with E-state index in [0.717, 1.165) is 12.8 Å². The predicted octanol–water partition coefficient (Wildman–Crippen LogP) is 3.84. The Kier molecular flexibility index (Phi) is 6.03. The highest BCUT2D eigenvalue weighted by Crippen LogP contribution is 2.29. The molecule has 2 aromatic rings. The van der Waals surface area contributed by atoms with Gasteiger partial charge in [0.15, 0.2) is 11.5 Å². The number of methoxy groups -OCH3 is 2. The molecular weight excluding hydrogens is 290 g/mol. The number of carbonyl (C=O) groups excluding carboxylic acids is 1. The van der Waals surface area contributed by atoms with Crippen LogP contribution in [0.1, 0.15) is 24.5 Å². The van der Waals surface area contributed by atoms with Crippen LogP contribution in [0.3, 0.4) is 0 Å². The molecule has 0 fully saturated rings. The molecule has 0 unspecified atom stereocenters. The van der Waals surface area contributed by atoms with E-state index >= 15 is 0 Å². The summed E-state index contributed by atoms with van der Waals surface area (Å²) < 4.78 is 10.4. The Bertz CT molecular complexity index is 650. The molecule has 2 rings (SSSR count). The lowest BCUT2D eigenvalue weighted by Gasteiger charge is -2.10. The third kappa shape index (κ3) is 4.74. The third-order valence-corrected chi connectivity index (χ3v) is 3.74. The van der Waals surface area contributed by atoms with Gasteiger partial charge in [-0.1, -0.05) is 31.2 Å². The van der Waals surface area contributed by atoms with E-state index in [-0.39, 0.29) is 5.91 Å². The monoisotopic (exact) mass is 313 g/mol. The van der Waals surface area contributed by atoms with Crippen LogP contribution < -0.4 is 14.8 Å². The first-order chi connectivity index (χ1) is 11.2. The van der Waals surface area contributed by atoms with Crippen molar-refractivity contribution in [2.45, 2.75) is 26.2 Å². The molecule has 0 heterocycles. The minimum absolute atomic E-state index is 0.0169. The minimum Gasteiger partial charge on any atom is -0.493 e. The number of nitrogens with one attached hydrogen (secondary N) is 1. The van der Waals surface area contributed by atoms with Crippen LogP contribution in [0.25, 0.3) is 0 Å². The van der Waals surface area contributed by atoms with Crippen molar-refractivity contribution in [1.29, 1.82) is 0 Å². The molecule has 4 nitrogen and oxygen atoms in total. The van der Waals surface area contributed by atoms with Crippen molar-refractivity contribution in [1.82, 2.24) is 0 Å². The first kappa shape index (κ1) is 16.9. The fourth-order valence-electron chi connectivity index (χ4n) is 2.34. The third-order valence-electron chi connectivity index (χ3n) is 3.74. The second kappa shape index (κ2) is 8.22. The largest absolute Gasteiger partial charge is 0.493 e. The van der Waals surface area contributed by atoms with E-state index in [1.807, 2.05) is 0 Å². The van der Waals surface area contributed by atoms with E-state index in [1.54, 1.807) is 32.4 Å². The molecule has 0 atom stereocenters. The molecule has 122 valence electrons. The van der Waals surface area contributed by atoms with E-state index in [4.69, 9.17) is 9.47 Å². The van der Waals surface area contributed by atoms with Gasteiger partial charge in [-0.05, 0) is 36.1 Å². The van der Waals surface area contributed by atoms with Crippen LogP contribution in [0, 0.1) is 0 Å². The summed E-state index contributed by atoms with van der Waals surface area (Å²) in [4.78, 5) is 12.1. The van der Waals surface area contributed by atoms with Crippen molar-refractivity contribution in [2.75, 3.05) is 19.5 Å². The van der Waals surface area contributed by atoms with Crippen molar-refractivity contribution in [3.63, 3.8) is 0 Å². The van der Waals surface area contributed by atoms with Gasteiger partial charge in [-0.15, -0.1) is 0 Å². The average Bonchev–Trinajstić information content (AvgIpc) is 2.60. The molecule has 4 heteroatoms. The maximum atomic E-state index is 12.1. The molecule has 0 spiro atoms. The van der Waals surface area contributed by atoms with Gasteiger partial charge in [0.1, 0.15) is 0 Å². The van der Waals surface area contributed by atoms with E-state index in [0.29, 0.717) is 23.6 Å². The summed E-state index contributed by atoms with van der Waals surface area (Å²) in [5.74, 6) is 1.22. The van der Waals surface area contributed by atoms with Crippen LogP contribution in [0.2, 0.25) is 0 Å². The highest BCUT2D eigenvalue weighted by atomic mass is 16.5.